The van der Waals surface area contributed by atoms with E-state index in [0.717, 1.165) is 18.2 Å². The molecule has 17 heavy (non-hydrogen) atoms. The maximum Gasteiger partial charge on any atom is 0.0370 e. The molecule has 1 aromatic rings. The molecule has 2 heteroatoms. The van der Waals surface area contributed by atoms with Gasteiger partial charge < -0.3 is 10.6 Å². The average molecular weight is 234 g/mol. The standard InChI is InChI=1S/C15H26N2/c1-5-14(11-12(3)4)17(6-2)15-9-7-13(16)8-10-15/h7-10,12,14H,5-6,11,16H2,1-4H3. The lowest BCUT2D eigenvalue weighted by Crippen LogP contribution is -2.35. The molecule has 0 aliphatic carbocycles. The molecule has 0 saturated carbocycles. The molecule has 0 aliphatic rings. The van der Waals surface area contributed by atoms with Crippen molar-refractivity contribution in [2.45, 2.75) is 46.6 Å². The van der Waals surface area contributed by atoms with Gasteiger partial charge in [-0.2, -0.15) is 0 Å². The Morgan fingerprint density at radius 1 is 1.12 bits per heavy atom. The molecule has 0 aromatic heterocycles. The average Bonchev–Trinajstić information content (AvgIpc) is 2.30. The maximum absolute atomic E-state index is 5.74. The van der Waals surface area contributed by atoms with Crippen LogP contribution < -0.4 is 10.6 Å². The summed E-state index contributed by atoms with van der Waals surface area (Å²) in [5, 5.41) is 0. The van der Waals surface area contributed by atoms with Gasteiger partial charge in [0, 0.05) is 24.0 Å². The van der Waals surface area contributed by atoms with Gasteiger partial charge in [-0.25, -0.2) is 0 Å². The molecule has 96 valence electrons. The van der Waals surface area contributed by atoms with Gasteiger partial charge in [-0.3, -0.25) is 0 Å². The van der Waals surface area contributed by atoms with E-state index in [2.05, 4.69) is 44.7 Å². The second-order valence-electron chi connectivity index (χ2n) is 5.07. The molecule has 2 N–H and O–H groups in total. The first-order valence-corrected chi connectivity index (χ1v) is 6.70. The quantitative estimate of drug-likeness (QED) is 0.756. The van der Waals surface area contributed by atoms with E-state index >= 15 is 0 Å². The van der Waals surface area contributed by atoms with Crippen molar-refractivity contribution in [1.29, 1.82) is 0 Å². The van der Waals surface area contributed by atoms with Gasteiger partial charge in [0.25, 0.3) is 0 Å². The Balaban J connectivity index is 2.84. The molecule has 0 saturated heterocycles. The van der Waals surface area contributed by atoms with E-state index < -0.39 is 0 Å². The van der Waals surface area contributed by atoms with Gasteiger partial charge in [0.1, 0.15) is 0 Å². The first-order chi connectivity index (χ1) is 8.08. The zero-order valence-corrected chi connectivity index (χ0v) is 11.6. The van der Waals surface area contributed by atoms with Gasteiger partial charge in [-0.05, 0) is 49.9 Å². The van der Waals surface area contributed by atoms with E-state index in [1.807, 2.05) is 12.1 Å². The summed E-state index contributed by atoms with van der Waals surface area (Å²) in [6, 6.07) is 8.85. The molecular formula is C15H26N2. The van der Waals surface area contributed by atoms with Crippen molar-refractivity contribution in [3.05, 3.63) is 24.3 Å². The summed E-state index contributed by atoms with van der Waals surface area (Å²) in [4.78, 5) is 2.49. The SMILES string of the molecule is CCC(CC(C)C)N(CC)c1ccc(N)cc1. The molecule has 0 heterocycles. The second kappa shape index (κ2) is 6.53. The number of anilines is 2. The summed E-state index contributed by atoms with van der Waals surface area (Å²) < 4.78 is 0. The zero-order valence-electron chi connectivity index (χ0n) is 11.6. The molecule has 0 bridgehead atoms. The summed E-state index contributed by atoms with van der Waals surface area (Å²) in [7, 11) is 0. The number of nitrogens with two attached hydrogens (primary N) is 1. The molecule has 1 rings (SSSR count). The van der Waals surface area contributed by atoms with Gasteiger partial charge in [-0.15, -0.1) is 0 Å². The number of nitrogens with zero attached hydrogens (tertiary/aromatic N) is 1. The number of nitrogen functional groups attached to an aromatic ring is 1. The summed E-state index contributed by atoms with van der Waals surface area (Å²) in [5.74, 6) is 0.739. The van der Waals surface area contributed by atoms with E-state index in [4.69, 9.17) is 5.73 Å². The third-order valence-corrected chi connectivity index (χ3v) is 3.22. The first kappa shape index (κ1) is 13.9. The smallest absolute Gasteiger partial charge is 0.0370 e. The highest BCUT2D eigenvalue weighted by molar-refractivity contribution is 5.53. The van der Waals surface area contributed by atoms with Gasteiger partial charge >= 0.3 is 0 Å². The number of hydrogen-bond acceptors (Lipinski definition) is 2. The topological polar surface area (TPSA) is 29.3 Å². The van der Waals surface area contributed by atoms with Crippen molar-refractivity contribution in [2.75, 3.05) is 17.2 Å². The molecule has 0 fully saturated rings. The third-order valence-electron chi connectivity index (χ3n) is 3.22. The molecule has 0 amide bonds. The molecular weight excluding hydrogens is 208 g/mol. The lowest BCUT2D eigenvalue weighted by Gasteiger charge is -2.33. The van der Waals surface area contributed by atoms with Crippen molar-refractivity contribution in [3.8, 4) is 0 Å². The monoisotopic (exact) mass is 234 g/mol. The van der Waals surface area contributed by atoms with Crippen LogP contribution in [0.3, 0.4) is 0 Å². The van der Waals surface area contributed by atoms with Crippen LogP contribution >= 0.6 is 0 Å². The minimum atomic E-state index is 0.628. The van der Waals surface area contributed by atoms with E-state index in [-0.39, 0.29) is 0 Å². The van der Waals surface area contributed by atoms with E-state index in [0.29, 0.717) is 6.04 Å². The predicted octanol–water partition coefficient (Wildman–Crippen LogP) is 3.92. The van der Waals surface area contributed by atoms with Crippen LogP contribution in [0.2, 0.25) is 0 Å². The molecule has 1 atom stereocenters. The number of hydrogen-bond donors (Lipinski definition) is 1. The van der Waals surface area contributed by atoms with E-state index in [1.165, 1.54) is 18.5 Å². The van der Waals surface area contributed by atoms with Crippen LogP contribution in [0.25, 0.3) is 0 Å². The Hall–Kier alpha value is -1.18. The van der Waals surface area contributed by atoms with Crippen molar-refractivity contribution in [1.82, 2.24) is 0 Å². The number of rotatable bonds is 6. The largest absolute Gasteiger partial charge is 0.399 e. The van der Waals surface area contributed by atoms with Crippen LogP contribution in [0.1, 0.15) is 40.5 Å². The normalized spacial score (nSPS) is 12.8. The van der Waals surface area contributed by atoms with Gasteiger partial charge in [-0.1, -0.05) is 20.8 Å². The lowest BCUT2D eigenvalue weighted by atomic mass is 9.99. The summed E-state index contributed by atoms with van der Waals surface area (Å²) in [5.41, 5.74) is 7.86. The maximum atomic E-state index is 5.74. The van der Waals surface area contributed by atoms with E-state index in [9.17, 15) is 0 Å². The highest BCUT2D eigenvalue weighted by Crippen LogP contribution is 2.23. The fourth-order valence-corrected chi connectivity index (χ4v) is 2.38. The van der Waals surface area contributed by atoms with Gasteiger partial charge in [0.15, 0.2) is 0 Å². The minimum Gasteiger partial charge on any atom is -0.399 e. The molecule has 0 spiro atoms. The van der Waals surface area contributed by atoms with Crippen LogP contribution in [-0.4, -0.2) is 12.6 Å². The van der Waals surface area contributed by atoms with Crippen molar-refractivity contribution in [2.24, 2.45) is 5.92 Å². The Morgan fingerprint density at radius 3 is 2.12 bits per heavy atom. The van der Waals surface area contributed by atoms with Crippen molar-refractivity contribution < 1.29 is 0 Å². The van der Waals surface area contributed by atoms with Crippen molar-refractivity contribution >= 4 is 11.4 Å². The highest BCUT2D eigenvalue weighted by Gasteiger charge is 2.16. The predicted molar refractivity (Wildman–Crippen MR) is 77.4 cm³/mol. The molecule has 0 radical (unpaired) electrons. The molecule has 1 aromatic carbocycles. The van der Waals surface area contributed by atoms with Gasteiger partial charge in [0.2, 0.25) is 0 Å². The summed E-state index contributed by atoms with van der Waals surface area (Å²) >= 11 is 0. The van der Waals surface area contributed by atoms with Crippen molar-refractivity contribution in [3.63, 3.8) is 0 Å². The van der Waals surface area contributed by atoms with E-state index in [1.54, 1.807) is 0 Å². The molecule has 0 aliphatic heterocycles. The van der Waals surface area contributed by atoms with Crippen LogP contribution in [-0.2, 0) is 0 Å². The first-order valence-electron chi connectivity index (χ1n) is 6.70. The fraction of sp³-hybridized carbons (Fsp3) is 0.600. The van der Waals surface area contributed by atoms with Crippen LogP contribution in [0.15, 0.2) is 24.3 Å². The molecule has 1 unspecified atom stereocenters. The minimum absolute atomic E-state index is 0.628. The Kier molecular flexibility index (Phi) is 5.33. The second-order valence-corrected chi connectivity index (χ2v) is 5.07. The highest BCUT2D eigenvalue weighted by atomic mass is 15.2. The summed E-state index contributed by atoms with van der Waals surface area (Å²) in [6.45, 7) is 10.1. The molecule has 2 nitrogen and oxygen atoms in total. The van der Waals surface area contributed by atoms with Crippen LogP contribution in [0.4, 0.5) is 11.4 Å². The Morgan fingerprint density at radius 2 is 1.71 bits per heavy atom. The third kappa shape index (κ3) is 3.95. The van der Waals surface area contributed by atoms with Gasteiger partial charge in [0.05, 0.1) is 0 Å². The lowest BCUT2D eigenvalue weighted by molar-refractivity contribution is 0.459. The Bertz CT molecular complexity index is 316. The fourth-order valence-electron chi connectivity index (χ4n) is 2.38. The number of benzene rings is 1. The zero-order chi connectivity index (χ0) is 12.8. The van der Waals surface area contributed by atoms with Crippen LogP contribution in [0, 0.1) is 5.92 Å². The Labute approximate surface area is 106 Å². The van der Waals surface area contributed by atoms with Crippen LogP contribution in [0.5, 0.6) is 0 Å². The summed E-state index contributed by atoms with van der Waals surface area (Å²) in [6.07, 6.45) is 2.44.